The van der Waals surface area contributed by atoms with Crippen molar-refractivity contribution in [2.24, 2.45) is 17.0 Å². The lowest BCUT2D eigenvalue weighted by Gasteiger charge is -2.13. The van der Waals surface area contributed by atoms with Gasteiger partial charge in [0.05, 0.1) is 0 Å². The van der Waals surface area contributed by atoms with Crippen molar-refractivity contribution in [3.05, 3.63) is 10.4 Å². The van der Waals surface area contributed by atoms with Gasteiger partial charge in [-0.2, -0.15) is 0 Å². The first-order valence-electron chi connectivity index (χ1n) is 4.72. The number of carbonyl (C=O) groups is 1. The molecule has 0 bridgehead atoms. The van der Waals surface area contributed by atoms with Gasteiger partial charge in [0, 0.05) is 24.0 Å². The van der Waals surface area contributed by atoms with Gasteiger partial charge >= 0.3 is 6.09 Å². The Balaban J connectivity index is 1.96. The van der Waals surface area contributed by atoms with Crippen molar-refractivity contribution in [3.8, 4) is 0 Å². The lowest BCUT2D eigenvalue weighted by atomic mass is 10.0. The molecule has 1 aliphatic heterocycles. The molecule has 1 saturated heterocycles. The van der Waals surface area contributed by atoms with E-state index in [9.17, 15) is 4.79 Å². The molecule has 0 spiro atoms. The molecule has 2 rings (SSSR count). The summed E-state index contributed by atoms with van der Waals surface area (Å²) >= 11 is 0. The van der Waals surface area contributed by atoms with Crippen LogP contribution in [-0.2, 0) is 0 Å². The summed E-state index contributed by atoms with van der Waals surface area (Å²) in [4.78, 5) is 14.9. The molecule has 14 heavy (non-hydrogen) atoms. The van der Waals surface area contributed by atoms with Crippen LogP contribution in [0.15, 0.2) is 5.11 Å². The van der Waals surface area contributed by atoms with Gasteiger partial charge in [0.15, 0.2) is 0 Å². The average Bonchev–Trinajstić information content (AvgIpc) is 2.61. The largest absolute Gasteiger partial charge is 0.465 e. The van der Waals surface area contributed by atoms with E-state index in [4.69, 9.17) is 10.6 Å². The highest BCUT2D eigenvalue weighted by Crippen LogP contribution is 2.39. The molecule has 0 unspecified atom stereocenters. The molecule has 0 aromatic heterocycles. The molecule has 2 fully saturated rings. The molecular formula is C8H12N4O2. The maximum atomic E-state index is 10.7. The van der Waals surface area contributed by atoms with E-state index in [1.54, 1.807) is 0 Å². The molecule has 1 amide bonds. The molecule has 6 nitrogen and oxygen atoms in total. The van der Waals surface area contributed by atoms with Crippen LogP contribution in [0.4, 0.5) is 4.79 Å². The van der Waals surface area contributed by atoms with Gasteiger partial charge in [-0.25, -0.2) is 4.79 Å². The van der Waals surface area contributed by atoms with Crippen molar-refractivity contribution < 1.29 is 9.90 Å². The number of likely N-dealkylation sites (tertiary alicyclic amines) is 1. The van der Waals surface area contributed by atoms with E-state index in [2.05, 4.69) is 10.0 Å². The molecule has 2 aliphatic rings. The average molecular weight is 196 g/mol. The van der Waals surface area contributed by atoms with Gasteiger partial charge in [0.2, 0.25) is 0 Å². The topological polar surface area (TPSA) is 89.3 Å². The van der Waals surface area contributed by atoms with Gasteiger partial charge in [-0.05, 0) is 30.2 Å². The Kier molecular flexibility index (Phi) is 2.21. The van der Waals surface area contributed by atoms with Gasteiger partial charge in [0.25, 0.3) is 0 Å². The van der Waals surface area contributed by atoms with Crippen LogP contribution in [0.3, 0.4) is 0 Å². The third-order valence-corrected chi connectivity index (χ3v) is 3.21. The van der Waals surface area contributed by atoms with Gasteiger partial charge in [-0.3, -0.25) is 0 Å². The molecule has 3 atom stereocenters. The van der Waals surface area contributed by atoms with Gasteiger partial charge in [-0.1, -0.05) is 5.11 Å². The fraction of sp³-hybridized carbons (Fsp3) is 0.875. The second kappa shape index (κ2) is 3.38. The minimum atomic E-state index is -0.834. The first kappa shape index (κ1) is 9.15. The van der Waals surface area contributed by atoms with Crippen molar-refractivity contribution in [1.29, 1.82) is 0 Å². The number of amides is 1. The number of rotatable bonds is 1. The van der Waals surface area contributed by atoms with E-state index < -0.39 is 6.09 Å². The molecule has 1 heterocycles. The van der Waals surface area contributed by atoms with Crippen LogP contribution in [0.1, 0.15) is 12.8 Å². The van der Waals surface area contributed by atoms with E-state index in [1.165, 1.54) is 4.90 Å². The van der Waals surface area contributed by atoms with Crippen molar-refractivity contribution in [2.75, 3.05) is 13.1 Å². The highest BCUT2D eigenvalue weighted by atomic mass is 16.4. The Labute approximate surface area is 81.1 Å². The highest BCUT2D eigenvalue weighted by Gasteiger charge is 2.41. The number of hydrogen-bond acceptors (Lipinski definition) is 2. The van der Waals surface area contributed by atoms with Crippen LogP contribution in [0.25, 0.3) is 10.4 Å². The monoisotopic (exact) mass is 196 g/mol. The molecule has 6 heteroatoms. The Morgan fingerprint density at radius 3 is 2.43 bits per heavy atom. The molecule has 1 N–H and O–H groups in total. The third-order valence-electron chi connectivity index (χ3n) is 3.21. The van der Waals surface area contributed by atoms with Crippen LogP contribution in [-0.4, -0.2) is 35.2 Å². The van der Waals surface area contributed by atoms with Crippen molar-refractivity contribution >= 4 is 6.09 Å². The predicted octanol–water partition coefficient (Wildman–Crippen LogP) is 1.69. The first-order valence-corrected chi connectivity index (χ1v) is 4.72. The number of carboxylic acid groups (broad SMARTS) is 1. The smallest absolute Gasteiger partial charge is 0.407 e. The zero-order chi connectivity index (χ0) is 10.1. The molecule has 76 valence electrons. The summed E-state index contributed by atoms with van der Waals surface area (Å²) in [6.45, 7) is 1.22. The Morgan fingerprint density at radius 2 is 2.00 bits per heavy atom. The maximum Gasteiger partial charge on any atom is 0.407 e. The zero-order valence-corrected chi connectivity index (χ0v) is 7.70. The summed E-state index contributed by atoms with van der Waals surface area (Å²) in [6.07, 6.45) is 0.858. The maximum absolute atomic E-state index is 10.7. The summed E-state index contributed by atoms with van der Waals surface area (Å²) in [5.74, 6) is 0.809. The minimum absolute atomic E-state index is 0.0888. The highest BCUT2D eigenvalue weighted by molar-refractivity contribution is 5.65. The van der Waals surface area contributed by atoms with Crippen LogP contribution >= 0.6 is 0 Å². The summed E-state index contributed by atoms with van der Waals surface area (Å²) in [5, 5.41) is 12.5. The molecule has 0 aromatic rings. The number of hydrogen-bond donors (Lipinski definition) is 1. The summed E-state index contributed by atoms with van der Waals surface area (Å²) in [7, 11) is 0. The number of fused-ring (bicyclic) bond motifs is 1. The fourth-order valence-electron chi connectivity index (χ4n) is 2.59. The van der Waals surface area contributed by atoms with E-state index in [-0.39, 0.29) is 6.04 Å². The Bertz CT molecular complexity index is 272. The van der Waals surface area contributed by atoms with Gasteiger partial charge in [-0.15, -0.1) is 0 Å². The summed E-state index contributed by atoms with van der Waals surface area (Å²) < 4.78 is 0. The normalized spacial score (nSPS) is 35.1. The lowest BCUT2D eigenvalue weighted by Crippen LogP contribution is -2.28. The lowest BCUT2D eigenvalue weighted by molar-refractivity contribution is 0.152. The van der Waals surface area contributed by atoms with E-state index in [0.29, 0.717) is 24.9 Å². The number of nitrogens with zero attached hydrogens (tertiary/aromatic N) is 4. The standard InChI is InChI=1S/C8H12N4O2/c9-11-10-7-1-5-3-12(8(13)14)4-6(5)2-7/h5-7H,1-4H2,(H,13,14)/t5-,6+,7-. The minimum Gasteiger partial charge on any atom is -0.465 e. The Morgan fingerprint density at radius 1 is 1.43 bits per heavy atom. The first-order chi connectivity index (χ1) is 6.70. The molecule has 0 radical (unpaired) electrons. The van der Waals surface area contributed by atoms with Gasteiger partial charge < -0.3 is 10.0 Å². The van der Waals surface area contributed by atoms with E-state index in [0.717, 1.165) is 12.8 Å². The van der Waals surface area contributed by atoms with Gasteiger partial charge in [0.1, 0.15) is 0 Å². The van der Waals surface area contributed by atoms with E-state index >= 15 is 0 Å². The summed E-state index contributed by atoms with van der Waals surface area (Å²) in [6, 6.07) is 0.0888. The molecule has 1 saturated carbocycles. The molecular weight excluding hydrogens is 184 g/mol. The summed E-state index contributed by atoms with van der Waals surface area (Å²) in [5.41, 5.74) is 8.28. The Hall–Kier alpha value is -1.42. The van der Waals surface area contributed by atoms with Crippen molar-refractivity contribution in [3.63, 3.8) is 0 Å². The van der Waals surface area contributed by atoms with Crippen LogP contribution in [0, 0.1) is 11.8 Å². The van der Waals surface area contributed by atoms with Crippen LogP contribution in [0.5, 0.6) is 0 Å². The van der Waals surface area contributed by atoms with Crippen molar-refractivity contribution in [1.82, 2.24) is 4.90 Å². The predicted molar refractivity (Wildman–Crippen MR) is 48.7 cm³/mol. The second-order valence-electron chi connectivity index (χ2n) is 4.04. The third kappa shape index (κ3) is 1.48. The fourth-order valence-corrected chi connectivity index (χ4v) is 2.59. The van der Waals surface area contributed by atoms with Crippen LogP contribution < -0.4 is 0 Å². The molecule has 1 aliphatic carbocycles. The quantitative estimate of drug-likeness (QED) is 0.392. The number of azide groups is 1. The molecule has 0 aromatic carbocycles. The van der Waals surface area contributed by atoms with E-state index in [1.807, 2.05) is 0 Å². The SMILES string of the molecule is [N-]=[N+]=N[C@@H]1C[C@@H]2CN(C(=O)O)C[C@@H]2C1. The second-order valence-corrected chi connectivity index (χ2v) is 4.04. The zero-order valence-electron chi connectivity index (χ0n) is 7.70. The van der Waals surface area contributed by atoms with Crippen LogP contribution in [0.2, 0.25) is 0 Å². The van der Waals surface area contributed by atoms with Crippen molar-refractivity contribution in [2.45, 2.75) is 18.9 Å².